The summed E-state index contributed by atoms with van der Waals surface area (Å²) in [5, 5.41) is 14.1. The van der Waals surface area contributed by atoms with E-state index in [-0.39, 0.29) is 0 Å². The molecule has 0 atom stereocenters. The van der Waals surface area contributed by atoms with E-state index in [4.69, 9.17) is 9.72 Å². The summed E-state index contributed by atoms with van der Waals surface area (Å²) in [7, 11) is 1.37. The minimum absolute atomic E-state index is 0.409. The molecule has 3 heterocycles. The van der Waals surface area contributed by atoms with Crippen molar-refractivity contribution >= 4 is 5.97 Å². The topological polar surface area (TPSA) is 111 Å². The number of imidazole rings is 1. The Bertz CT molecular complexity index is 1470. The van der Waals surface area contributed by atoms with Crippen LogP contribution in [0.4, 0.5) is 0 Å². The van der Waals surface area contributed by atoms with E-state index in [1.54, 1.807) is 18.3 Å². The Balaban J connectivity index is 1.38. The van der Waals surface area contributed by atoms with Gasteiger partial charge in [0.2, 0.25) is 5.82 Å². The molecule has 0 aliphatic carbocycles. The lowest BCUT2D eigenvalue weighted by atomic mass is 10.0. The Labute approximate surface area is 214 Å². The molecule has 0 unspecified atom stereocenters. The number of nitrogens with one attached hydrogen (secondary N) is 1. The van der Waals surface area contributed by atoms with Gasteiger partial charge in [-0.05, 0) is 40.5 Å². The fraction of sp³-hybridized carbons (Fsp3) is 0.214. The fourth-order valence-electron chi connectivity index (χ4n) is 4.22. The van der Waals surface area contributed by atoms with Crippen molar-refractivity contribution in [3.05, 3.63) is 90.0 Å². The van der Waals surface area contributed by atoms with Crippen LogP contribution in [-0.2, 0) is 17.7 Å². The number of ether oxygens (including phenoxy) is 1. The molecule has 1 N–H and O–H groups in total. The number of pyridine rings is 1. The van der Waals surface area contributed by atoms with Gasteiger partial charge in [-0.15, -0.1) is 10.2 Å². The number of esters is 1. The largest absolute Gasteiger partial charge is 0.465 e. The van der Waals surface area contributed by atoms with Crippen LogP contribution in [-0.4, -0.2) is 48.2 Å². The second-order valence-corrected chi connectivity index (χ2v) is 8.67. The van der Waals surface area contributed by atoms with Gasteiger partial charge in [0.25, 0.3) is 0 Å². The lowest BCUT2D eigenvalue weighted by Crippen LogP contribution is -2.04. The highest BCUT2D eigenvalue weighted by molar-refractivity contribution is 5.95. The Morgan fingerprint density at radius 2 is 1.73 bits per heavy atom. The number of aromatic nitrogens is 7. The number of aryl methyl sites for hydroxylation is 1. The van der Waals surface area contributed by atoms with Crippen LogP contribution in [0.2, 0.25) is 0 Å². The first kappa shape index (κ1) is 24.1. The molecule has 0 radical (unpaired) electrons. The smallest absolute Gasteiger partial charge is 0.340 e. The highest BCUT2D eigenvalue weighted by atomic mass is 16.5. The Hall–Kier alpha value is -4.66. The highest BCUT2D eigenvalue weighted by Gasteiger charge is 2.18. The van der Waals surface area contributed by atoms with Crippen molar-refractivity contribution in [2.45, 2.75) is 32.7 Å². The van der Waals surface area contributed by atoms with E-state index in [1.165, 1.54) is 7.11 Å². The number of rotatable bonds is 9. The normalized spacial score (nSPS) is 11.0. The molecule has 0 aliphatic rings. The molecule has 0 saturated carbocycles. The number of benzene rings is 2. The van der Waals surface area contributed by atoms with E-state index in [0.717, 1.165) is 47.3 Å². The summed E-state index contributed by atoms with van der Waals surface area (Å²) in [6.07, 6.45) is 6.59. The van der Waals surface area contributed by atoms with E-state index in [9.17, 15) is 4.79 Å². The molecule has 5 aromatic rings. The van der Waals surface area contributed by atoms with Crippen molar-refractivity contribution in [2.24, 2.45) is 0 Å². The lowest BCUT2D eigenvalue weighted by Gasteiger charge is -2.09. The maximum Gasteiger partial charge on any atom is 0.340 e. The number of hydrogen-bond donors (Lipinski definition) is 1. The second-order valence-electron chi connectivity index (χ2n) is 8.67. The van der Waals surface area contributed by atoms with Gasteiger partial charge in [-0.2, -0.15) is 5.21 Å². The molecule has 0 spiro atoms. The minimum atomic E-state index is -0.423. The van der Waals surface area contributed by atoms with Crippen molar-refractivity contribution in [1.82, 2.24) is 35.2 Å². The van der Waals surface area contributed by atoms with Crippen LogP contribution in [0, 0.1) is 0 Å². The molecule has 186 valence electrons. The first-order valence-electron chi connectivity index (χ1n) is 12.2. The van der Waals surface area contributed by atoms with Crippen LogP contribution in [0.25, 0.3) is 33.9 Å². The zero-order valence-electron chi connectivity index (χ0n) is 20.8. The van der Waals surface area contributed by atoms with Crippen molar-refractivity contribution in [1.29, 1.82) is 0 Å². The van der Waals surface area contributed by atoms with Gasteiger partial charge >= 0.3 is 5.97 Å². The molecule has 3 aromatic heterocycles. The second kappa shape index (κ2) is 10.9. The molecule has 5 rings (SSSR count). The zero-order valence-corrected chi connectivity index (χ0v) is 20.8. The predicted molar refractivity (Wildman–Crippen MR) is 140 cm³/mol. The number of nitrogens with zero attached hydrogens (tertiary/aromatic N) is 6. The molecule has 0 bridgehead atoms. The van der Waals surface area contributed by atoms with E-state index < -0.39 is 5.97 Å². The molecule has 0 aliphatic heterocycles. The van der Waals surface area contributed by atoms with Gasteiger partial charge in [0.05, 0.1) is 12.7 Å². The SMILES string of the molecule is CCCCc1nc(-c2ncccc2C(=O)OC)cn1Cc1ccc(-c2ccc(-c3nn[nH]n3)cc2)cc1. The van der Waals surface area contributed by atoms with E-state index >= 15 is 0 Å². The number of methoxy groups -OCH3 is 1. The van der Waals surface area contributed by atoms with Gasteiger partial charge < -0.3 is 9.30 Å². The first-order valence-corrected chi connectivity index (χ1v) is 12.2. The third kappa shape index (κ3) is 5.30. The van der Waals surface area contributed by atoms with Crippen molar-refractivity contribution in [3.8, 4) is 33.9 Å². The molecule has 9 heteroatoms. The van der Waals surface area contributed by atoms with E-state index in [2.05, 4.69) is 73.5 Å². The van der Waals surface area contributed by atoms with Gasteiger partial charge in [0, 0.05) is 30.9 Å². The van der Waals surface area contributed by atoms with E-state index in [0.29, 0.717) is 29.3 Å². The van der Waals surface area contributed by atoms with Gasteiger partial charge in [0.1, 0.15) is 17.2 Å². The Morgan fingerprint density at radius 1 is 1.00 bits per heavy atom. The van der Waals surface area contributed by atoms with Crippen LogP contribution in [0.5, 0.6) is 0 Å². The Kier molecular flexibility index (Phi) is 7.12. The summed E-state index contributed by atoms with van der Waals surface area (Å²) in [6, 6.07) is 20.0. The van der Waals surface area contributed by atoms with Crippen LogP contribution in [0.15, 0.2) is 73.1 Å². The van der Waals surface area contributed by atoms with Crippen LogP contribution in [0.1, 0.15) is 41.5 Å². The summed E-state index contributed by atoms with van der Waals surface area (Å²) in [4.78, 5) is 21.6. The molecule has 9 nitrogen and oxygen atoms in total. The average Bonchev–Trinajstić information content (AvgIpc) is 3.63. The maximum atomic E-state index is 12.3. The van der Waals surface area contributed by atoms with Gasteiger partial charge in [-0.1, -0.05) is 61.9 Å². The molecule has 2 aromatic carbocycles. The predicted octanol–water partition coefficient (Wildman–Crippen LogP) is 4.97. The summed E-state index contributed by atoms with van der Waals surface area (Å²) >= 11 is 0. The first-order chi connectivity index (χ1) is 18.2. The van der Waals surface area contributed by atoms with Gasteiger partial charge in [-0.3, -0.25) is 4.98 Å². The molecule has 0 saturated heterocycles. The van der Waals surface area contributed by atoms with Crippen molar-refractivity contribution < 1.29 is 9.53 Å². The summed E-state index contributed by atoms with van der Waals surface area (Å²) in [5.41, 5.74) is 5.91. The van der Waals surface area contributed by atoms with E-state index in [1.807, 2.05) is 18.3 Å². The number of carbonyl (C=O) groups is 1. The highest BCUT2D eigenvalue weighted by Crippen LogP contribution is 2.25. The third-order valence-electron chi connectivity index (χ3n) is 6.20. The number of tetrazole rings is 1. The lowest BCUT2D eigenvalue weighted by molar-refractivity contribution is 0.0601. The summed E-state index contributed by atoms with van der Waals surface area (Å²) in [5.74, 6) is 1.12. The number of aromatic amines is 1. The molecule has 0 fully saturated rings. The van der Waals surface area contributed by atoms with Crippen molar-refractivity contribution in [3.63, 3.8) is 0 Å². The van der Waals surface area contributed by atoms with Crippen LogP contribution in [0.3, 0.4) is 0 Å². The Morgan fingerprint density at radius 3 is 2.41 bits per heavy atom. The number of H-pyrrole nitrogens is 1. The van der Waals surface area contributed by atoms with Crippen molar-refractivity contribution in [2.75, 3.05) is 7.11 Å². The molecular weight excluding hydrogens is 466 g/mol. The number of unbranched alkanes of at least 4 members (excludes halogenated alkanes) is 1. The molecule has 37 heavy (non-hydrogen) atoms. The zero-order chi connectivity index (χ0) is 25.6. The fourth-order valence-corrected chi connectivity index (χ4v) is 4.22. The maximum absolute atomic E-state index is 12.3. The van der Waals surface area contributed by atoms with Crippen LogP contribution >= 0.6 is 0 Å². The van der Waals surface area contributed by atoms with Gasteiger partial charge in [-0.25, -0.2) is 9.78 Å². The molecule has 0 amide bonds. The molecular formula is C28H27N7O2. The summed E-state index contributed by atoms with van der Waals surface area (Å²) in [6.45, 7) is 2.83. The standard InChI is InChI=1S/C28H27N7O2/c1-3-4-7-25-30-24(26-23(28(36)37-2)6-5-16-29-26)18-35(25)17-19-8-10-20(11-9-19)21-12-14-22(15-13-21)27-31-33-34-32-27/h5-6,8-16,18H,3-4,7,17H2,1-2H3,(H,31,32,33,34). The summed E-state index contributed by atoms with van der Waals surface area (Å²) < 4.78 is 7.09. The third-order valence-corrected chi connectivity index (χ3v) is 6.20. The number of carbonyl (C=O) groups excluding carboxylic acids is 1. The minimum Gasteiger partial charge on any atom is -0.465 e. The van der Waals surface area contributed by atoms with Crippen LogP contribution < -0.4 is 0 Å². The number of hydrogen-bond acceptors (Lipinski definition) is 7. The average molecular weight is 494 g/mol. The quantitative estimate of drug-likeness (QED) is 0.289. The van der Waals surface area contributed by atoms with Gasteiger partial charge in [0.15, 0.2) is 0 Å². The monoisotopic (exact) mass is 493 g/mol.